The van der Waals surface area contributed by atoms with E-state index in [9.17, 15) is 18.9 Å². The summed E-state index contributed by atoms with van der Waals surface area (Å²) >= 11 is 11.8. The zero-order chi connectivity index (χ0) is 23.0. The summed E-state index contributed by atoms with van der Waals surface area (Å²) in [5.74, 6) is -0.121. The summed E-state index contributed by atoms with van der Waals surface area (Å²) in [6.07, 6.45) is 0. The Morgan fingerprint density at radius 1 is 0.906 bits per heavy atom. The Kier molecular flexibility index (Phi) is 5.49. The summed E-state index contributed by atoms with van der Waals surface area (Å²) in [7, 11) is -4.16. The van der Waals surface area contributed by atoms with Crippen LogP contribution < -0.4 is 5.73 Å². The first-order valence-electron chi connectivity index (χ1n) is 9.01. The van der Waals surface area contributed by atoms with Gasteiger partial charge in [-0.3, -0.25) is 0 Å². The Hall–Kier alpha value is -3.63. The summed E-state index contributed by atoms with van der Waals surface area (Å²) in [6.45, 7) is 0.140. The summed E-state index contributed by atoms with van der Waals surface area (Å²) in [5.41, 5.74) is 6.53. The van der Waals surface area contributed by atoms with E-state index in [-0.39, 0.29) is 44.7 Å². The first-order chi connectivity index (χ1) is 15.3. The van der Waals surface area contributed by atoms with Gasteiger partial charge in [0, 0.05) is 10.0 Å². The van der Waals surface area contributed by atoms with Crippen molar-refractivity contribution in [3.8, 4) is 12.1 Å². The van der Waals surface area contributed by atoms with Gasteiger partial charge in [0.15, 0.2) is 17.0 Å². The number of nitrogen functional groups attached to an aromatic ring is 1. The van der Waals surface area contributed by atoms with Crippen molar-refractivity contribution in [1.29, 1.82) is 10.5 Å². The van der Waals surface area contributed by atoms with E-state index in [1.165, 1.54) is 28.8 Å². The van der Waals surface area contributed by atoms with Gasteiger partial charge in [-0.15, -0.1) is 0 Å². The van der Waals surface area contributed by atoms with E-state index in [1.807, 2.05) is 6.07 Å². The number of nitrogens with two attached hydrogens (primary N) is 1. The molecule has 0 aliphatic carbocycles. The lowest BCUT2D eigenvalue weighted by Gasteiger charge is -2.09. The molecule has 158 valence electrons. The molecule has 0 saturated heterocycles. The molecule has 0 unspecified atom stereocenters. The van der Waals surface area contributed by atoms with Crippen molar-refractivity contribution in [3.63, 3.8) is 0 Å². The smallest absolute Gasteiger partial charge is 0.212 e. The van der Waals surface area contributed by atoms with Crippen LogP contribution in [0.2, 0.25) is 10.0 Å². The van der Waals surface area contributed by atoms with Crippen molar-refractivity contribution in [2.45, 2.75) is 16.3 Å². The number of nitriles is 2. The molecule has 4 rings (SSSR count). The van der Waals surface area contributed by atoms with Gasteiger partial charge in [-0.2, -0.15) is 10.5 Å². The summed E-state index contributed by atoms with van der Waals surface area (Å²) in [4.78, 5) is 8.00. The van der Waals surface area contributed by atoms with Crippen molar-refractivity contribution >= 4 is 50.0 Å². The van der Waals surface area contributed by atoms with Crippen LogP contribution in [-0.2, 0) is 16.4 Å². The minimum absolute atomic E-state index is 0.0520. The molecular weight excluding hydrogens is 471 g/mol. The Balaban J connectivity index is 2.03. The third kappa shape index (κ3) is 3.63. The Labute approximate surface area is 193 Å². The van der Waals surface area contributed by atoms with Crippen LogP contribution in [-0.4, -0.2) is 23.0 Å². The van der Waals surface area contributed by atoms with Crippen molar-refractivity contribution in [2.75, 3.05) is 5.73 Å². The molecular formula is C21H12Cl2N6O2S. The van der Waals surface area contributed by atoms with Gasteiger partial charge < -0.3 is 10.3 Å². The molecule has 0 saturated carbocycles. The average molecular weight is 483 g/mol. The van der Waals surface area contributed by atoms with Gasteiger partial charge in [0.1, 0.15) is 28.4 Å². The molecule has 0 amide bonds. The maximum Gasteiger partial charge on any atom is 0.212 e. The molecule has 11 heteroatoms. The third-order valence-corrected chi connectivity index (χ3v) is 7.07. The largest absolute Gasteiger partial charge is 0.384 e. The summed E-state index contributed by atoms with van der Waals surface area (Å²) in [6, 6.07) is 16.0. The Morgan fingerprint density at radius 3 is 2.00 bits per heavy atom. The maximum atomic E-state index is 13.5. The normalized spacial score (nSPS) is 11.2. The predicted molar refractivity (Wildman–Crippen MR) is 119 cm³/mol. The lowest BCUT2D eigenvalue weighted by atomic mass is 10.2. The molecule has 2 aromatic heterocycles. The molecule has 0 radical (unpaired) electrons. The van der Waals surface area contributed by atoms with Crippen LogP contribution in [0.4, 0.5) is 5.82 Å². The fourth-order valence-electron chi connectivity index (χ4n) is 3.21. The molecule has 2 heterocycles. The summed E-state index contributed by atoms with van der Waals surface area (Å²) in [5, 5.41) is 19.6. The van der Waals surface area contributed by atoms with Crippen LogP contribution in [0.1, 0.15) is 17.0 Å². The van der Waals surface area contributed by atoms with Crippen LogP contribution in [0.25, 0.3) is 11.2 Å². The number of benzene rings is 2. The highest BCUT2D eigenvalue weighted by molar-refractivity contribution is 7.92. The molecule has 2 aromatic carbocycles. The van der Waals surface area contributed by atoms with Gasteiger partial charge in [0.2, 0.25) is 9.84 Å². The molecule has 4 aromatic rings. The minimum Gasteiger partial charge on any atom is -0.384 e. The molecule has 0 bridgehead atoms. The number of sulfone groups is 1. The van der Waals surface area contributed by atoms with Crippen LogP contribution >= 0.6 is 23.2 Å². The van der Waals surface area contributed by atoms with Crippen molar-refractivity contribution in [1.82, 2.24) is 14.5 Å². The Morgan fingerprint density at radius 2 is 1.44 bits per heavy atom. The fourth-order valence-corrected chi connectivity index (χ4v) is 4.97. The molecule has 0 aliphatic rings. The SMILES string of the molecule is N#Cc1nc2c(S(=O)(=O)c3ccc(Cl)cc3)c(N)n(Cc3ccc(Cl)cc3)c2nc1C#N. The highest BCUT2D eigenvalue weighted by Gasteiger charge is 2.31. The topological polar surface area (TPSA) is 138 Å². The molecule has 0 fully saturated rings. The van der Waals surface area contributed by atoms with Crippen molar-refractivity contribution < 1.29 is 8.42 Å². The van der Waals surface area contributed by atoms with E-state index in [0.29, 0.717) is 10.0 Å². The van der Waals surface area contributed by atoms with Crippen LogP contribution in [0, 0.1) is 22.7 Å². The molecule has 8 nitrogen and oxygen atoms in total. The Bertz CT molecular complexity index is 1550. The van der Waals surface area contributed by atoms with E-state index in [1.54, 1.807) is 30.3 Å². The number of fused-ring (bicyclic) bond motifs is 1. The lowest BCUT2D eigenvalue weighted by Crippen LogP contribution is -2.09. The second-order valence-electron chi connectivity index (χ2n) is 6.70. The first kappa shape index (κ1) is 21.6. The number of halogens is 2. The second-order valence-corrected chi connectivity index (χ2v) is 9.46. The van der Waals surface area contributed by atoms with E-state index < -0.39 is 9.84 Å². The fraction of sp³-hybridized carbons (Fsp3) is 0.0476. The molecule has 0 spiro atoms. The van der Waals surface area contributed by atoms with Crippen molar-refractivity contribution in [3.05, 3.63) is 75.5 Å². The number of rotatable bonds is 4. The van der Waals surface area contributed by atoms with Crippen molar-refractivity contribution in [2.24, 2.45) is 0 Å². The first-order valence-corrected chi connectivity index (χ1v) is 11.2. The number of aromatic nitrogens is 3. The second kappa shape index (κ2) is 8.13. The minimum atomic E-state index is -4.16. The monoisotopic (exact) mass is 482 g/mol. The van der Waals surface area contributed by atoms with E-state index in [2.05, 4.69) is 9.97 Å². The molecule has 2 N–H and O–H groups in total. The quantitative estimate of drug-likeness (QED) is 0.464. The summed E-state index contributed by atoms with van der Waals surface area (Å²) < 4.78 is 28.4. The molecule has 0 aliphatic heterocycles. The highest BCUT2D eigenvalue weighted by Crippen LogP contribution is 2.35. The van der Waals surface area contributed by atoms with Gasteiger partial charge in [-0.05, 0) is 42.0 Å². The van der Waals surface area contributed by atoms with E-state index >= 15 is 0 Å². The molecule has 0 atom stereocenters. The lowest BCUT2D eigenvalue weighted by molar-refractivity contribution is 0.597. The predicted octanol–water partition coefficient (Wildman–Crippen LogP) is 3.94. The van der Waals surface area contributed by atoms with Crippen LogP contribution in [0.15, 0.2) is 58.3 Å². The van der Waals surface area contributed by atoms with E-state index in [0.717, 1.165) is 5.56 Å². The van der Waals surface area contributed by atoms with Gasteiger partial charge in [-0.1, -0.05) is 35.3 Å². The van der Waals surface area contributed by atoms with Gasteiger partial charge in [0.25, 0.3) is 0 Å². The van der Waals surface area contributed by atoms with Gasteiger partial charge in [0.05, 0.1) is 11.4 Å². The number of hydrogen-bond donors (Lipinski definition) is 1. The average Bonchev–Trinajstić information content (AvgIpc) is 3.05. The highest BCUT2D eigenvalue weighted by atomic mass is 35.5. The van der Waals surface area contributed by atoms with Gasteiger partial charge >= 0.3 is 0 Å². The number of hydrogen-bond acceptors (Lipinski definition) is 7. The number of nitrogens with zero attached hydrogens (tertiary/aromatic N) is 5. The zero-order valence-corrected chi connectivity index (χ0v) is 18.4. The van der Waals surface area contributed by atoms with E-state index in [4.69, 9.17) is 28.9 Å². The van der Waals surface area contributed by atoms with Crippen LogP contribution in [0.5, 0.6) is 0 Å². The maximum absolute atomic E-state index is 13.5. The number of anilines is 1. The third-order valence-electron chi connectivity index (χ3n) is 4.73. The zero-order valence-electron chi connectivity index (χ0n) is 16.1. The van der Waals surface area contributed by atoms with Gasteiger partial charge in [-0.25, -0.2) is 18.4 Å². The molecule has 32 heavy (non-hydrogen) atoms. The van der Waals surface area contributed by atoms with Crippen LogP contribution in [0.3, 0.4) is 0 Å². The standard InChI is InChI=1S/C21H12Cl2N6O2S/c22-13-3-1-12(2-4-13)11-29-20(26)19(32(30,31)15-7-5-14(23)6-8-15)18-21(29)28-17(10-25)16(9-24)27-18/h1-8H,11,26H2.